The lowest BCUT2D eigenvalue weighted by atomic mass is 9.96. The number of hydrogen-bond donors (Lipinski definition) is 2. The van der Waals surface area contributed by atoms with Crippen molar-refractivity contribution in [1.29, 1.82) is 0 Å². The number of para-hydroxylation sites is 1. The van der Waals surface area contributed by atoms with Crippen LogP contribution in [-0.4, -0.2) is 33.9 Å². The normalized spacial score (nSPS) is 14.4. The number of nitrogens with zero attached hydrogens (tertiary/aromatic N) is 2. The maximum Gasteiger partial charge on any atom is 0.269 e. The minimum Gasteiger partial charge on any atom is -0.349 e. The Labute approximate surface area is 162 Å². The molecule has 1 saturated heterocycles. The second-order valence-corrected chi connectivity index (χ2v) is 6.74. The third-order valence-electron chi connectivity index (χ3n) is 4.52. The zero-order chi connectivity index (χ0) is 19.2. The van der Waals surface area contributed by atoms with Crippen LogP contribution in [0.4, 0.5) is 17.1 Å². The highest BCUT2D eigenvalue weighted by atomic mass is 32.1. The third-order valence-corrected chi connectivity index (χ3v) is 4.88. The second-order valence-electron chi connectivity index (χ2n) is 6.35. The number of amides is 1. The van der Waals surface area contributed by atoms with Crippen LogP contribution in [0.1, 0.15) is 12.8 Å². The van der Waals surface area contributed by atoms with Crippen LogP contribution in [0, 0.1) is 16.0 Å². The topological polar surface area (TPSA) is 87.5 Å². The Morgan fingerprint density at radius 3 is 2.19 bits per heavy atom. The summed E-state index contributed by atoms with van der Waals surface area (Å²) in [5.74, 6) is -0.00118. The largest absolute Gasteiger partial charge is 0.349 e. The molecule has 0 atom stereocenters. The second kappa shape index (κ2) is 8.59. The number of benzene rings is 2. The van der Waals surface area contributed by atoms with E-state index in [-0.39, 0.29) is 17.5 Å². The smallest absolute Gasteiger partial charge is 0.269 e. The van der Waals surface area contributed by atoms with E-state index in [9.17, 15) is 14.9 Å². The molecule has 2 aromatic carbocycles. The quantitative estimate of drug-likeness (QED) is 0.475. The lowest BCUT2D eigenvalue weighted by molar-refractivity contribution is -0.384. The van der Waals surface area contributed by atoms with Crippen LogP contribution in [0.25, 0.3) is 0 Å². The Balaban J connectivity index is 1.48. The maximum atomic E-state index is 12.4. The predicted molar refractivity (Wildman–Crippen MR) is 109 cm³/mol. The Hall–Kier alpha value is -3.00. The number of hydrogen-bond acceptors (Lipinski definition) is 4. The number of thiocarbonyl (C=S) groups is 1. The molecule has 1 amide bonds. The van der Waals surface area contributed by atoms with Gasteiger partial charge in [-0.25, -0.2) is 0 Å². The molecule has 0 unspecified atom stereocenters. The van der Waals surface area contributed by atoms with Crippen molar-refractivity contribution in [2.24, 2.45) is 5.92 Å². The van der Waals surface area contributed by atoms with Crippen LogP contribution >= 0.6 is 12.2 Å². The molecule has 0 radical (unpaired) electrons. The van der Waals surface area contributed by atoms with Gasteiger partial charge < -0.3 is 15.5 Å². The summed E-state index contributed by atoms with van der Waals surface area (Å²) in [5.41, 5.74) is 1.55. The molecule has 140 valence electrons. The van der Waals surface area contributed by atoms with Crippen molar-refractivity contribution in [3.8, 4) is 0 Å². The van der Waals surface area contributed by atoms with Gasteiger partial charge in [0.1, 0.15) is 0 Å². The van der Waals surface area contributed by atoms with Gasteiger partial charge in [-0.15, -0.1) is 0 Å². The molecule has 27 heavy (non-hydrogen) atoms. The highest BCUT2D eigenvalue weighted by Crippen LogP contribution is 2.21. The van der Waals surface area contributed by atoms with E-state index in [1.165, 1.54) is 12.1 Å². The molecule has 2 N–H and O–H groups in total. The predicted octanol–water partition coefficient (Wildman–Crippen LogP) is 3.64. The van der Waals surface area contributed by atoms with Crippen molar-refractivity contribution in [2.45, 2.75) is 12.8 Å². The molecule has 0 aliphatic carbocycles. The first-order chi connectivity index (χ1) is 13.0. The molecule has 1 aliphatic heterocycles. The standard InChI is InChI=1S/C19H20N4O3S/c24-18(20-15-4-2-1-3-5-15)14-10-12-22(13-11-14)19(27)21-16-6-8-17(9-7-16)23(25)26/h1-9,14H,10-13H2,(H,20,24)(H,21,27). The van der Waals surface area contributed by atoms with Crippen LogP contribution in [0.3, 0.4) is 0 Å². The van der Waals surface area contributed by atoms with Crippen LogP contribution in [0.5, 0.6) is 0 Å². The van der Waals surface area contributed by atoms with Crippen molar-refractivity contribution >= 4 is 40.3 Å². The minimum absolute atomic E-state index is 0.0371. The van der Waals surface area contributed by atoms with E-state index in [1.807, 2.05) is 35.2 Å². The molecular weight excluding hydrogens is 364 g/mol. The number of nitro benzene ring substituents is 1. The zero-order valence-electron chi connectivity index (χ0n) is 14.6. The van der Waals surface area contributed by atoms with Gasteiger partial charge in [0.05, 0.1) is 4.92 Å². The fraction of sp³-hybridized carbons (Fsp3) is 0.263. The summed E-state index contributed by atoms with van der Waals surface area (Å²) in [4.78, 5) is 24.7. The number of piperidine rings is 1. The van der Waals surface area contributed by atoms with Gasteiger partial charge >= 0.3 is 0 Å². The number of rotatable bonds is 4. The van der Waals surface area contributed by atoms with Crippen LogP contribution < -0.4 is 10.6 Å². The van der Waals surface area contributed by atoms with E-state index in [2.05, 4.69) is 10.6 Å². The molecule has 2 aromatic rings. The van der Waals surface area contributed by atoms with Crippen LogP contribution in [0.15, 0.2) is 54.6 Å². The summed E-state index contributed by atoms with van der Waals surface area (Å²) < 4.78 is 0. The number of carbonyl (C=O) groups is 1. The van der Waals surface area contributed by atoms with E-state index in [0.29, 0.717) is 23.9 Å². The van der Waals surface area contributed by atoms with Crippen molar-refractivity contribution in [1.82, 2.24) is 4.90 Å². The molecule has 8 heteroatoms. The Morgan fingerprint density at radius 1 is 1.00 bits per heavy atom. The number of anilines is 2. The van der Waals surface area contributed by atoms with Gasteiger partial charge in [-0.2, -0.15) is 0 Å². The monoisotopic (exact) mass is 384 g/mol. The summed E-state index contributed by atoms with van der Waals surface area (Å²) in [5, 5.41) is 17.3. The van der Waals surface area contributed by atoms with Gasteiger partial charge in [0.2, 0.25) is 5.91 Å². The highest BCUT2D eigenvalue weighted by Gasteiger charge is 2.26. The van der Waals surface area contributed by atoms with Gasteiger partial charge in [-0.1, -0.05) is 18.2 Å². The first-order valence-electron chi connectivity index (χ1n) is 8.69. The summed E-state index contributed by atoms with van der Waals surface area (Å²) >= 11 is 5.43. The maximum absolute atomic E-state index is 12.4. The number of nitro groups is 1. The van der Waals surface area contributed by atoms with E-state index in [1.54, 1.807) is 12.1 Å². The molecule has 0 bridgehead atoms. The molecule has 1 heterocycles. The molecule has 0 spiro atoms. The molecule has 3 rings (SSSR count). The molecule has 1 fully saturated rings. The summed E-state index contributed by atoms with van der Waals surface area (Å²) in [6.45, 7) is 1.37. The van der Waals surface area contributed by atoms with Crippen molar-refractivity contribution in [3.05, 3.63) is 64.7 Å². The molecule has 0 saturated carbocycles. The van der Waals surface area contributed by atoms with Gasteiger partial charge in [-0.05, 0) is 49.3 Å². The lowest BCUT2D eigenvalue weighted by Gasteiger charge is -2.33. The van der Waals surface area contributed by atoms with Gasteiger partial charge in [0.15, 0.2) is 5.11 Å². The number of carbonyl (C=O) groups excluding carboxylic acids is 1. The molecule has 0 aromatic heterocycles. The summed E-state index contributed by atoms with van der Waals surface area (Å²) in [7, 11) is 0. The van der Waals surface area contributed by atoms with E-state index >= 15 is 0 Å². The summed E-state index contributed by atoms with van der Waals surface area (Å²) in [6.07, 6.45) is 1.45. The van der Waals surface area contributed by atoms with Crippen molar-refractivity contribution in [2.75, 3.05) is 23.7 Å². The average Bonchev–Trinajstić information content (AvgIpc) is 2.69. The molecule has 1 aliphatic rings. The zero-order valence-corrected chi connectivity index (χ0v) is 15.4. The van der Waals surface area contributed by atoms with Gasteiger partial charge in [0, 0.05) is 42.5 Å². The number of likely N-dealkylation sites (tertiary alicyclic amines) is 1. The fourth-order valence-electron chi connectivity index (χ4n) is 2.98. The first-order valence-corrected chi connectivity index (χ1v) is 9.10. The molecular formula is C19H20N4O3S. The third kappa shape index (κ3) is 5.01. The van der Waals surface area contributed by atoms with Crippen molar-refractivity contribution < 1.29 is 9.72 Å². The highest BCUT2D eigenvalue weighted by molar-refractivity contribution is 7.80. The Kier molecular flexibility index (Phi) is 5.97. The van der Waals surface area contributed by atoms with E-state index < -0.39 is 4.92 Å². The number of non-ortho nitro benzene ring substituents is 1. The average molecular weight is 384 g/mol. The van der Waals surface area contributed by atoms with Gasteiger partial charge in [-0.3, -0.25) is 14.9 Å². The minimum atomic E-state index is -0.437. The SMILES string of the molecule is O=C(Nc1ccccc1)C1CCN(C(=S)Nc2ccc([N+](=O)[O-])cc2)CC1. The van der Waals surface area contributed by atoms with Crippen LogP contribution in [-0.2, 0) is 4.79 Å². The van der Waals surface area contributed by atoms with E-state index in [4.69, 9.17) is 12.2 Å². The Morgan fingerprint density at radius 2 is 1.59 bits per heavy atom. The molecule has 7 nitrogen and oxygen atoms in total. The van der Waals surface area contributed by atoms with Crippen LogP contribution in [0.2, 0.25) is 0 Å². The Bertz CT molecular complexity index is 819. The lowest BCUT2D eigenvalue weighted by Crippen LogP contribution is -2.43. The fourth-order valence-corrected chi connectivity index (χ4v) is 3.28. The van der Waals surface area contributed by atoms with Gasteiger partial charge in [0.25, 0.3) is 5.69 Å². The van der Waals surface area contributed by atoms with Crippen molar-refractivity contribution in [3.63, 3.8) is 0 Å². The van der Waals surface area contributed by atoms with E-state index in [0.717, 1.165) is 18.5 Å². The first kappa shape index (κ1) is 18.8. The number of nitrogens with one attached hydrogen (secondary N) is 2. The summed E-state index contributed by atoms with van der Waals surface area (Å²) in [6, 6.07) is 15.6.